The van der Waals surface area contributed by atoms with Crippen molar-refractivity contribution in [3.05, 3.63) is 53.3 Å². The SMILES string of the molecule is Cc1cccc(CC(CCc2ccnn2C)C(=O)O)c1. The van der Waals surface area contributed by atoms with E-state index in [1.807, 2.05) is 38.2 Å². The van der Waals surface area contributed by atoms with Crippen molar-refractivity contribution in [2.75, 3.05) is 0 Å². The molecule has 1 aromatic carbocycles. The Morgan fingerprint density at radius 1 is 1.40 bits per heavy atom. The Morgan fingerprint density at radius 3 is 2.80 bits per heavy atom. The largest absolute Gasteiger partial charge is 0.481 e. The average molecular weight is 272 g/mol. The molecule has 106 valence electrons. The zero-order valence-electron chi connectivity index (χ0n) is 11.9. The van der Waals surface area contributed by atoms with Crippen molar-refractivity contribution < 1.29 is 9.90 Å². The molecule has 0 radical (unpaired) electrons. The van der Waals surface area contributed by atoms with Crippen molar-refractivity contribution in [1.82, 2.24) is 9.78 Å². The van der Waals surface area contributed by atoms with E-state index in [2.05, 4.69) is 11.2 Å². The highest BCUT2D eigenvalue weighted by Gasteiger charge is 2.18. The standard InChI is InChI=1S/C16H20N2O2/c1-12-4-3-5-13(10-12)11-14(16(19)20)6-7-15-8-9-17-18(15)2/h3-5,8-10,14H,6-7,11H2,1-2H3,(H,19,20). The van der Waals surface area contributed by atoms with Gasteiger partial charge in [0.2, 0.25) is 0 Å². The number of rotatable bonds is 6. The molecule has 0 aliphatic heterocycles. The monoisotopic (exact) mass is 272 g/mol. The first-order valence-corrected chi connectivity index (χ1v) is 6.81. The van der Waals surface area contributed by atoms with Crippen LogP contribution in [0.5, 0.6) is 0 Å². The molecule has 1 aromatic heterocycles. The minimum Gasteiger partial charge on any atom is -0.481 e. The maximum Gasteiger partial charge on any atom is 0.306 e. The lowest BCUT2D eigenvalue weighted by Gasteiger charge is -2.13. The molecule has 4 heteroatoms. The summed E-state index contributed by atoms with van der Waals surface area (Å²) in [4.78, 5) is 11.4. The van der Waals surface area contributed by atoms with Crippen molar-refractivity contribution in [3.63, 3.8) is 0 Å². The molecule has 1 N–H and O–H groups in total. The van der Waals surface area contributed by atoms with Crippen LogP contribution in [0.2, 0.25) is 0 Å². The smallest absolute Gasteiger partial charge is 0.306 e. The van der Waals surface area contributed by atoms with Gasteiger partial charge in [0, 0.05) is 18.9 Å². The normalized spacial score (nSPS) is 12.3. The van der Waals surface area contributed by atoms with Crippen molar-refractivity contribution in [3.8, 4) is 0 Å². The van der Waals surface area contributed by atoms with Gasteiger partial charge in [0.05, 0.1) is 5.92 Å². The summed E-state index contributed by atoms with van der Waals surface area (Å²) in [5.41, 5.74) is 3.32. The third-order valence-electron chi connectivity index (χ3n) is 3.59. The minimum absolute atomic E-state index is 0.355. The van der Waals surface area contributed by atoms with Gasteiger partial charge >= 0.3 is 5.97 Å². The summed E-state index contributed by atoms with van der Waals surface area (Å²) >= 11 is 0. The van der Waals surface area contributed by atoms with Gasteiger partial charge in [0.1, 0.15) is 0 Å². The summed E-state index contributed by atoms with van der Waals surface area (Å²) in [6.07, 6.45) is 3.68. The summed E-state index contributed by atoms with van der Waals surface area (Å²) in [6.45, 7) is 2.02. The van der Waals surface area contributed by atoms with Crippen LogP contribution in [0.15, 0.2) is 36.5 Å². The molecule has 0 aliphatic carbocycles. The Kier molecular flexibility index (Phi) is 4.56. The maximum absolute atomic E-state index is 11.4. The van der Waals surface area contributed by atoms with Gasteiger partial charge in [-0.05, 0) is 37.8 Å². The Hall–Kier alpha value is -2.10. The molecular formula is C16H20N2O2. The highest BCUT2D eigenvalue weighted by atomic mass is 16.4. The Morgan fingerprint density at radius 2 is 2.20 bits per heavy atom. The van der Waals surface area contributed by atoms with Crippen LogP contribution in [0.3, 0.4) is 0 Å². The molecule has 2 aromatic rings. The highest BCUT2D eigenvalue weighted by molar-refractivity contribution is 5.70. The van der Waals surface area contributed by atoms with Gasteiger partial charge in [0.25, 0.3) is 0 Å². The third-order valence-corrected chi connectivity index (χ3v) is 3.59. The number of benzene rings is 1. The van der Waals surface area contributed by atoms with Crippen molar-refractivity contribution in [2.45, 2.75) is 26.2 Å². The molecule has 0 saturated carbocycles. The molecule has 1 unspecified atom stereocenters. The number of carboxylic acid groups (broad SMARTS) is 1. The van der Waals surface area contributed by atoms with Crippen LogP contribution < -0.4 is 0 Å². The van der Waals surface area contributed by atoms with Crippen LogP contribution in [0, 0.1) is 12.8 Å². The molecule has 0 bridgehead atoms. The number of hydrogen-bond acceptors (Lipinski definition) is 2. The molecule has 1 atom stereocenters. The summed E-state index contributed by atoms with van der Waals surface area (Å²) in [6, 6.07) is 9.98. The zero-order valence-corrected chi connectivity index (χ0v) is 11.9. The molecule has 0 amide bonds. The van der Waals surface area contributed by atoms with Gasteiger partial charge in [-0.3, -0.25) is 9.48 Å². The predicted molar refractivity (Wildman–Crippen MR) is 77.5 cm³/mol. The van der Waals surface area contributed by atoms with E-state index in [0.29, 0.717) is 12.8 Å². The van der Waals surface area contributed by atoms with E-state index < -0.39 is 5.97 Å². The van der Waals surface area contributed by atoms with Crippen LogP contribution in [0.1, 0.15) is 23.2 Å². The first kappa shape index (κ1) is 14.3. The second-order valence-corrected chi connectivity index (χ2v) is 5.21. The fourth-order valence-electron chi connectivity index (χ4n) is 2.41. The topological polar surface area (TPSA) is 55.1 Å². The zero-order chi connectivity index (χ0) is 14.5. The number of carboxylic acids is 1. The minimum atomic E-state index is -0.728. The van der Waals surface area contributed by atoms with Gasteiger partial charge in [-0.1, -0.05) is 29.8 Å². The van der Waals surface area contributed by atoms with Crippen molar-refractivity contribution in [1.29, 1.82) is 0 Å². The van der Waals surface area contributed by atoms with Crippen LogP contribution in [-0.2, 0) is 24.7 Å². The summed E-state index contributed by atoms with van der Waals surface area (Å²) in [5, 5.41) is 13.5. The number of aromatic nitrogens is 2. The van der Waals surface area contributed by atoms with Gasteiger partial charge in [-0.15, -0.1) is 0 Å². The first-order chi connectivity index (χ1) is 9.56. The molecule has 0 aliphatic rings. The number of nitrogens with zero attached hydrogens (tertiary/aromatic N) is 2. The molecule has 20 heavy (non-hydrogen) atoms. The molecular weight excluding hydrogens is 252 g/mol. The van der Waals surface area contributed by atoms with Crippen LogP contribution in [0.25, 0.3) is 0 Å². The fourth-order valence-corrected chi connectivity index (χ4v) is 2.41. The van der Waals surface area contributed by atoms with Crippen molar-refractivity contribution >= 4 is 5.97 Å². The molecule has 4 nitrogen and oxygen atoms in total. The predicted octanol–water partition coefficient (Wildman–Crippen LogP) is 2.60. The number of hydrogen-bond donors (Lipinski definition) is 1. The summed E-state index contributed by atoms with van der Waals surface area (Å²) in [5.74, 6) is -1.08. The number of carbonyl (C=O) groups is 1. The molecule has 0 spiro atoms. The van der Waals surface area contributed by atoms with Crippen molar-refractivity contribution in [2.24, 2.45) is 13.0 Å². The first-order valence-electron chi connectivity index (χ1n) is 6.81. The highest BCUT2D eigenvalue weighted by Crippen LogP contribution is 2.16. The van der Waals surface area contributed by atoms with Crippen LogP contribution in [-0.4, -0.2) is 20.9 Å². The second kappa shape index (κ2) is 6.37. The number of aliphatic carboxylic acids is 1. The fraction of sp³-hybridized carbons (Fsp3) is 0.375. The molecule has 2 rings (SSSR count). The van der Waals surface area contributed by atoms with E-state index in [1.165, 1.54) is 5.56 Å². The third kappa shape index (κ3) is 3.70. The van der Waals surface area contributed by atoms with Crippen LogP contribution >= 0.6 is 0 Å². The van der Waals surface area contributed by atoms with E-state index >= 15 is 0 Å². The summed E-state index contributed by atoms with van der Waals surface area (Å²) < 4.78 is 1.80. The molecule has 1 heterocycles. The van der Waals surface area contributed by atoms with E-state index in [0.717, 1.165) is 17.7 Å². The summed E-state index contributed by atoms with van der Waals surface area (Å²) in [7, 11) is 1.88. The van der Waals surface area contributed by atoms with Gasteiger partial charge < -0.3 is 5.11 Å². The van der Waals surface area contributed by atoms with E-state index in [4.69, 9.17) is 0 Å². The Balaban J connectivity index is 2.01. The maximum atomic E-state index is 11.4. The lowest BCUT2D eigenvalue weighted by Crippen LogP contribution is -2.18. The Bertz CT molecular complexity index is 590. The average Bonchev–Trinajstić information content (AvgIpc) is 2.80. The van der Waals surface area contributed by atoms with Gasteiger partial charge in [-0.25, -0.2) is 0 Å². The quantitative estimate of drug-likeness (QED) is 0.879. The van der Waals surface area contributed by atoms with E-state index in [-0.39, 0.29) is 5.92 Å². The van der Waals surface area contributed by atoms with Gasteiger partial charge in [0.15, 0.2) is 0 Å². The van der Waals surface area contributed by atoms with Gasteiger partial charge in [-0.2, -0.15) is 5.10 Å². The van der Waals surface area contributed by atoms with Crippen LogP contribution in [0.4, 0.5) is 0 Å². The second-order valence-electron chi connectivity index (χ2n) is 5.21. The van der Waals surface area contributed by atoms with E-state index in [9.17, 15) is 9.90 Å². The lowest BCUT2D eigenvalue weighted by molar-refractivity contribution is -0.141. The Labute approximate surface area is 119 Å². The number of aryl methyl sites for hydroxylation is 3. The molecule has 0 fully saturated rings. The lowest BCUT2D eigenvalue weighted by atomic mass is 9.93. The van der Waals surface area contributed by atoms with E-state index in [1.54, 1.807) is 10.9 Å². The molecule has 0 saturated heterocycles.